The van der Waals surface area contributed by atoms with Crippen LogP contribution in [0.15, 0.2) is 23.1 Å². The summed E-state index contributed by atoms with van der Waals surface area (Å²) in [6.45, 7) is 4.45. The number of hydrogen-bond acceptors (Lipinski definition) is 5. The number of nitrogens with zero attached hydrogens (tertiary/aromatic N) is 2. The van der Waals surface area contributed by atoms with Crippen LogP contribution in [0.1, 0.15) is 18.1 Å². The second-order valence-corrected chi connectivity index (χ2v) is 8.24. The third-order valence-electron chi connectivity index (χ3n) is 4.82. The Hall–Kier alpha value is -2.06. The van der Waals surface area contributed by atoms with E-state index in [2.05, 4.69) is 18.2 Å². The normalized spacial score (nSPS) is 21.6. The first-order valence-corrected chi connectivity index (χ1v) is 9.85. The van der Waals surface area contributed by atoms with E-state index in [4.69, 9.17) is 9.84 Å². The lowest BCUT2D eigenvalue weighted by molar-refractivity contribution is -0.147. The number of amides is 2. The summed E-state index contributed by atoms with van der Waals surface area (Å²) in [5, 5.41) is 8.81. The van der Waals surface area contributed by atoms with Gasteiger partial charge in [-0.15, -0.1) is 11.8 Å². The number of carbonyl (C=O) groups is 3. The van der Waals surface area contributed by atoms with Gasteiger partial charge in [-0.1, -0.05) is 17.7 Å². The number of morpholine rings is 1. The van der Waals surface area contributed by atoms with Crippen LogP contribution in [-0.4, -0.2) is 76.8 Å². The molecule has 0 radical (unpaired) electrons. The minimum absolute atomic E-state index is 0.0785. The van der Waals surface area contributed by atoms with Crippen molar-refractivity contribution in [1.29, 1.82) is 0 Å². The van der Waals surface area contributed by atoms with Crippen molar-refractivity contribution in [2.75, 3.05) is 32.8 Å². The van der Waals surface area contributed by atoms with Gasteiger partial charge in [0, 0.05) is 31.5 Å². The Balaban J connectivity index is 1.60. The number of hydrogen-bond donors (Lipinski definition) is 1. The highest BCUT2D eigenvalue weighted by molar-refractivity contribution is 8.01. The summed E-state index contributed by atoms with van der Waals surface area (Å²) in [4.78, 5) is 39.7. The molecule has 2 unspecified atom stereocenters. The molecule has 27 heavy (non-hydrogen) atoms. The molecule has 7 nitrogen and oxygen atoms in total. The van der Waals surface area contributed by atoms with E-state index in [9.17, 15) is 14.4 Å². The molecule has 0 saturated carbocycles. The summed E-state index contributed by atoms with van der Waals surface area (Å²) in [5.74, 6) is -1.30. The number of carbonyl (C=O) groups excluding carboxylic acids is 2. The van der Waals surface area contributed by atoms with Crippen molar-refractivity contribution in [3.8, 4) is 0 Å². The molecule has 0 aromatic heterocycles. The molecule has 1 saturated heterocycles. The minimum atomic E-state index is -1.07. The van der Waals surface area contributed by atoms with Gasteiger partial charge in [-0.25, -0.2) is 0 Å². The van der Waals surface area contributed by atoms with E-state index < -0.39 is 5.97 Å². The number of thioether (sulfide) groups is 1. The molecule has 0 aliphatic carbocycles. The maximum Gasteiger partial charge on any atom is 0.323 e. The maximum absolute atomic E-state index is 13.0. The molecule has 0 bridgehead atoms. The van der Waals surface area contributed by atoms with Crippen molar-refractivity contribution < 1.29 is 24.2 Å². The average molecular weight is 392 g/mol. The van der Waals surface area contributed by atoms with Crippen LogP contribution in [-0.2, 0) is 25.5 Å². The predicted octanol–water partition coefficient (Wildman–Crippen LogP) is 1.17. The van der Waals surface area contributed by atoms with Crippen LogP contribution in [0.4, 0.5) is 0 Å². The number of ether oxygens (including phenoxy) is 1. The number of aryl methyl sites for hydroxylation is 1. The first-order valence-electron chi connectivity index (χ1n) is 8.97. The van der Waals surface area contributed by atoms with Crippen molar-refractivity contribution in [2.24, 2.45) is 0 Å². The first-order chi connectivity index (χ1) is 12.8. The topological polar surface area (TPSA) is 87.2 Å². The summed E-state index contributed by atoms with van der Waals surface area (Å²) in [5.41, 5.74) is 2.39. The van der Waals surface area contributed by atoms with Crippen LogP contribution in [0.25, 0.3) is 0 Å². The van der Waals surface area contributed by atoms with Gasteiger partial charge in [0.25, 0.3) is 0 Å². The fourth-order valence-electron chi connectivity index (χ4n) is 3.42. The zero-order valence-electron chi connectivity index (χ0n) is 15.5. The van der Waals surface area contributed by atoms with E-state index in [0.29, 0.717) is 19.7 Å². The molecule has 2 heterocycles. The SMILES string of the molecule is CC(=O)N(CC(=O)O)CC1CN(C(=O)C2Cc3ccc(C)cc3S2)CCO1. The van der Waals surface area contributed by atoms with Gasteiger partial charge in [-0.3, -0.25) is 14.4 Å². The Labute approximate surface area is 162 Å². The number of carboxylic acids is 1. The highest BCUT2D eigenvalue weighted by Crippen LogP contribution is 2.38. The number of fused-ring (bicyclic) bond motifs is 1. The fourth-order valence-corrected chi connectivity index (χ4v) is 4.80. The highest BCUT2D eigenvalue weighted by atomic mass is 32.2. The lowest BCUT2D eigenvalue weighted by atomic mass is 10.1. The molecule has 1 N–H and O–H groups in total. The maximum atomic E-state index is 13.0. The van der Waals surface area contributed by atoms with Gasteiger partial charge in [0.1, 0.15) is 6.54 Å². The second kappa shape index (κ2) is 8.31. The van der Waals surface area contributed by atoms with Gasteiger partial charge in [-0.05, 0) is 25.0 Å². The van der Waals surface area contributed by atoms with Gasteiger partial charge in [-0.2, -0.15) is 0 Å². The number of benzene rings is 1. The summed E-state index contributed by atoms with van der Waals surface area (Å²) < 4.78 is 5.67. The van der Waals surface area contributed by atoms with Crippen LogP contribution in [0.5, 0.6) is 0 Å². The Kier molecular flexibility index (Phi) is 6.06. The van der Waals surface area contributed by atoms with Gasteiger partial charge in [0.05, 0.1) is 18.0 Å². The molecule has 8 heteroatoms. The lowest BCUT2D eigenvalue weighted by Crippen LogP contribution is -2.52. The van der Waals surface area contributed by atoms with E-state index >= 15 is 0 Å². The van der Waals surface area contributed by atoms with Crippen molar-refractivity contribution in [2.45, 2.75) is 36.5 Å². The standard InChI is InChI=1S/C19H24N2O5S/c1-12-3-4-14-8-17(27-16(14)7-12)19(25)20-5-6-26-15(9-20)10-21(13(2)22)11-18(23)24/h3-4,7,15,17H,5-6,8-11H2,1-2H3,(H,23,24). The number of rotatable bonds is 5. The van der Waals surface area contributed by atoms with Crippen LogP contribution in [0, 0.1) is 6.92 Å². The second-order valence-electron chi connectivity index (χ2n) is 6.99. The zero-order valence-corrected chi connectivity index (χ0v) is 16.3. The Morgan fingerprint density at radius 2 is 2.15 bits per heavy atom. The van der Waals surface area contributed by atoms with Gasteiger partial charge < -0.3 is 19.6 Å². The monoisotopic (exact) mass is 392 g/mol. The third-order valence-corrected chi connectivity index (χ3v) is 6.11. The molecule has 2 aliphatic heterocycles. The van der Waals surface area contributed by atoms with Crippen molar-refractivity contribution in [1.82, 2.24) is 9.80 Å². The minimum Gasteiger partial charge on any atom is -0.480 e. The molecule has 1 aromatic carbocycles. The number of carboxylic acid groups (broad SMARTS) is 1. The van der Waals surface area contributed by atoms with Gasteiger partial charge in [0.15, 0.2) is 0 Å². The van der Waals surface area contributed by atoms with Gasteiger partial charge >= 0.3 is 5.97 Å². The Morgan fingerprint density at radius 1 is 1.37 bits per heavy atom. The van der Waals surface area contributed by atoms with E-state index in [-0.39, 0.29) is 36.3 Å². The van der Waals surface area contributed by atoms with Crippen molar-refractivity contribution >= 4 is 29.5 Å². The summed E-state index contributed by atoms with van der Waals surface area (Å²) in [6, 6.07) is 6.27. The predicted molar refractivity (Wildman–Crippen MR) is 101 cm³/mol. The zero-order chi connectivity index (χ0) is 19.6. The third kappa shape index (κ3) is 4.81. The first kappa shape index (κ1) is 19.7. The summed E-state index contributed by atoms with van der Waals surface area (Å²) in [6.07, 6.45) is 0.349. The molecule has 2 atom stereocenters. The highest BCUT2D eigenvalue weighted by Gasteiger charge is 2.34. The molecule has 3 rings (SSSR count). The largest absolute Gasteiger partial charge is 0.480 e. The molecule has 1 aromatic rings. The molecule has 2 aliphatic rings. The smallest absolute Gasteiger partial charge is 0.323 e. The molecular weight excluding hydrogens is 368 g/mol. The molecular formula is C19H24N2O5S. The molecule has 146 valence electrons. The average Bonchev–Trinajstić information content (AvgIpc) is 3.03. The summed E-state index contributed by atoms with van der Waals surface area (Å²) >= 11 is 1.61. The number of aliphatic carboxylic acids is 1. The van der Waals surface area contributed by atoms with Crippen LogP contribution in [0.3, 0.4) is 0 Å². The summed E-state index contributed by atoms with van der Waals surface area (Å²) in [7, 11) is 0. The lowest BCUT2D eigenvalue weighted by Gasteiger charge is -2.36. The van der Waals surface area contributed by atoms with Crippen LogP contribution in [0.2, 0.25) is 0 Å². The van der Waals surface area contributed by atoms with Crippen molar-refractivity contribution in [3.63, 3.8) is 0 Å². The molecule has 1 fully saturated rings. The van der Waals surface area contributed by atoms with E-state index in [0.717, 1.165) is 6.42 Å². The van der Waals surface area contributed by atoms with E-state index in [1.807, 2.05) is 6.92 Å². The fraction of sp³-hybridized carbons (Fsp3) is 0.526. The molecule has 2 amide bonds. The molecule has 0 spiro atoms. The Bertz CT molecular complexity index is 754. The van der Waals surface area contributed by atoms with E-state index in [1.165, 1.54) is 27.8 Å². The van der Waals surface area contributed by atoms with E-state index in [1.54, 1.807) is 16.7 Å². The van der Waals surface area contributed by atoms with Gasteiger partial charge in [0.2, 0.25) is 11.8 Å². The quantitative estimate of drug-likeness (QED) is 0.810. The Morgan fingerprint density at radius 3 is 2.85 bits per heavy atom. The van der Waals surface area contributed by atoms with Crippen LogP contribution < -0.4 is 0 Å². The van der Waals surface area contributed by atoms with Crippen molar-refractivity contribution in [3.05, 3.63) is 29.3 Å². The van der Waals surface area contributed by atoms with Crippen LogP contribution >= 0.6 is 11.8 Å².